The molecule has 0 spiro atoms. The molecule has 0 aromatic carbocycles. The Balaban J connectivity index is 2.84. The van der Waals surface area contributed by atoms with Gasteiger partial charge in [-0.2, -0.15) is 0 Å². The van der Waals surface area contributed by atoms with Crippen LogP contribution in [0.3, 0.4) is 0 Å². The lowest BCUT2D eigenvalue weighted by atomic mass is 10.6. The molecular formula is C7H6BrClN2O. The predicted octanol–water partition coefficient (Wildman–Crippen LogP) is 2.46. The van der Waals surface area contributed by atoms with E-state index in [9.17, 15) is 0 Å². The van der Waals surface area contributed by atoms with Gasteiger partial charge in [0.25, 0.3) is 0 Å². The monoisotopic (exact) mass is 248 g/mol. The third kappa shape index (κ3) is 2.19. The molecule has 1 heterocycles. The fourth-order valence-corrected chi connectivity index (χ4v) is 1.02. The van der Waals surface area contributed by atoms with E-state index in [0.29, 0.717) is 22.1 Å². The first-order valence-corrected chi connectivity index (χ1v) is 4.32. The lowest BCUT2D eigenvalue weighted by Crippen LogP contribution is -1.97. The summed E-state index contributed by atoms with van der Waals surface area (Å²) >= 11 is 8.88. The molecule has 0 N–H and O–H groups in total. The average molecular weight is 249 g/mol. The molecule has 0 amide bonds. The molecule has 0 radical (unpaired) electrons. The van der Waals surface area contributed by atoms with Gasteiger partial charge in [0.1, 0.15) is 17.4 Å². The Bertz CT molecular complexity index is 293. The summed E-state index contributed by atoms with van der Waals surface area (Å²) in [6, 6.07) is 0. The zero-order valence-corrected chi connectivity index (χ0v) is 8.47. The zero-order chi connectivity index (χ0) is 8.97. The largest absolute Gasteiger partial charge is 0.473 e. The standard InChI is InChI=1S/C7H6BrClN2O/c1-2-3-12-7-5(8)6(9)10-4-11-7/h2,4H,1,3H2. The number of aromatic nitrogens is 2. The smallest absolute Gasteiger partial charge is 0.232 e. The normalized spacial score (nSPS) is 9.50. The lowest BCUT2D eigenvalue weighted by molar-refractivity contribution is 0.345. The second-order valence-corrected chi connectivity index (χ2v) is 3.03. The van der Waals surface area contributed by atoms with Gasteiger partial charge in [0.2, 0.25) is 5.88 Å². The molecule has 0 unspecified atom stereocenters. The molecule has 0 atom stereocenters. The second-order valence-electron chi connectivity index (χ2n) is 1.88. The van der Waals surface area contributed by atoms with Crippen LogP contribution in [-0.4, -0.2) is 16.6 Å². The summed E-state index contributed by atoms with van der Waals surface area (Å²) in [7, 11) is 0. The van der Waals surface area contributed by atoms with Gasteiger partial charge < -0.3 is 4.74 Å². The fraction of sp³-hybridized carbons (Fsp3) is 0.143. The van der Waals surface area contributed by atoms with Crippen molar-refractivity contribution in [3.63, 3.8) is 0 Å². The van der Waals surface area contributed by atoms with Gasteiger partial charge in [-0.05, 0) is 15.9 Å². The molecule has 3 nitrogen and oxygen atoms in total. The Morgan fingerprint density at radius 1 is 1.67 bits per heavy atom. The molecule has 64 valence electrons. The predicted molar refractivity (Wildman–Crippen MR) is 50.4 cm³/mol. The van der Waals surface area contributed by atoms with Gasteiger partial charge in [-0.1, -0.05) is 24.3 Å². The number of rotatable bonds is 3. The number of ether oxygens (including phenoxy) is 1. The van der Waals surface area contributed by atoms with Crippen LogP contribution in [0, 0.1) is 0 Å². The Labute approximate surface area is 83.6 Å². The average Bonchev–Trinajstić information content (AvgIpc) is 2.08. The summed E-state index contributed by atoms with van der Waals surface area (Å²) in [4.78, 5) is 7.61. The first-order chi connectivity index (χ1) is 5.75. The molecule has 0 fully saturated rings. The van der Waals surface area contributed by atoms with Gasteiger partial charge in [0.05, 0.1) is 0 Å². The van der Waals surface area contributed by atoms with Crippen LogP contribution >= 0.6 is 27.5 Å². The van der Waals surface area contributed by atoms with Crippen molar-refractivity contribution in [1.29, 1.82) is 0 Å². The highest BCUT2D eigenvalue weighted by Crippen LogP contribution is 2.27. The van der Waals surface area contributed by atoms with Gasteiger partial charge in [-0.3, -0.25) is 0 Å². The molecule has 12 heavy (non-hydrogen) atoms. The minimum atomic E-state index is 0.337. The number of halogens is 2. The van der Waals surface area contributed by atoms with Gasteiger partial charge in [0, 0.05) is 0 Å². The molecule has 1 rings (SSSR count). The van der Waals surface area contributed by atoms with E-state index in [1.54, 1.807) is 6.08 Å². The van der Waals surface area contributed by atoms with Crippen molar-refractivity contribution >= 4 is 27.5 Å². The summed E-state index contributed by atoms with van der Waals surface area (Å²) in [5, 5.41) is 0.337. The van der Waals surface area contributed by atoms with E-state index < -0.39 is 0 Å². The van der Waals surface area contributed by atoms with E-state index in [-0.39, 0.29) is 0 Å². The van der Waals surface area contributed by atoms with E-state index in [1.165, 1.54) is 6.33 Å². The molecule has 0 saturated carbocycles. The maximum Gasteiger partial charge on any atom is 0.232 e. The van der Waals surface area contributed by atoms with Crippen molar-refractivity contribution in [2.24, 2.45) is 0 Å². The van der Waals surface area contributed by atoms with Crippen LogP contribution in [0.25, 0.3) is 0 Å². The van der Waals surface area contributed by atoms with Crippen LogP contribution in [0.5, 0.6) is 5.88 Å². The zero-order valence-electron chi connectivity index (χ0n) is 6.13. The van der Waals surface area contributed by atoms with Crippen molar-refractivity contribution in [2.45, 2.75) is 0 Å². The molecule has 1 aromatic heterocycles. The summed E-state index contributed by atoms with van der Waals surface area (Å²) in [6.45, 7) is 3.91. The van der Waals surface area contributed by atoms with Gasteiger partial charge in [0.15, 0.2) is 5.15 Å². The Hall–Kier alpha value is -0.610. The van der Waals surface area contributed by atoms with Gasteiger partial charge in [-0.25, -0.2) is 9.97 Å². The number of hydrogen-bond acceptors (Lipinski definition) is 3. The first-order valence-electron chi connectivity index (χ1n) is 3.15. The summed E-state index contributed by atoms with van der Waals surface area (Å²) in [6.07, 6.45) is 2.97. The molecule has 0 aliphatic heterocycles. The molecule has 1 aromatic rings. The third-order valence-corrected chi connectivity index (χ3v) is 2.28. The highest BCUT2D eigenvalue weighted by molar-refractivity contribution is 9.10. The first kappa shape index (κ1) is 9.48. The van der Waals surface area contributed by atoms with Crippen molar-refractivity contribution in [1.82, 2.24) is 9.97 Å². The summed E-state index contributed by atoms with van der Waals surface area (Å²) < 4.78 is 5.73. The number of nitrogens with zero attached hydrogens (tertiary/aromatic N) is 2. The van der Waals surface area contributed by atoms with Crippen molar-refractivity contribution < 1.29 is 4.74 Å². The molecular weight excluding hydrogens is 243 g/mol. The molecule has 0 saturated heterocycles. The minimum Gasteiger partial charge on any atom is -0.473 e. The Kier molecular flexibility index (Phi) is 3.49. The van der Waals surface area contributed by atoms with E-state index in [4.69, 9.17) is 16.3 Å². The highest BCUT2D eigenvalue weighted by atomic mass is 79.9. The van der Waals surface area contributed by atoms with Crippen molar-refractivity contribution in [2.75, 3.05) is 6.61 Å². The Morgan fingerprint density at radius 2 is 2.42 bits per heavy atom. The molecule has 5 heteroatoms. The van der Waals surface area contributed by atoms with Crippen LogP contribution < -0.4 is 4.74 Å². The highest BCUT2D eigenvalue weighted by Gasteiger charge is 2.06. The van der Waals surface area contributed by atoms with E-state index in [0.717, 1.165) is 0 Å². The quantitative estimate of drug-likeness (QED) is 0.610. The van der Waals surface area contributed by atoms with Gasteiger partial charge in [-0.15, -0.1) is 0 Å². The second kappa shape index (κ2) is 4.42. The van der Waals surface area contributed by atoms with Crippen molar-refractivity contribution in [3.8, 4) is 5.88 Å². The molecule has 0 aliphatic rings. The topological polar surface area (TPSA) is 35.0 Å². The summed E-state index contributed by atoms with van der Waals surface area (Å²) in [5.74, 6) is 0.426. The summed E-state index contributed by atoms with van der Waals surface area (Å²) in [5.41, 5.74) is 0. The van der Waals surface area contributed by atoms with Crippen LogP contribution in [0.4, 0.5) is 0 Å². The van der Waals surface area contributed by atoms with E-state index in [1.807, 2.05) is 0 Å². The van der Waals surface area contributed by atoms with Crippen LogP contribution in [0.2, 0.25) is 5.15 Å². The SMILES string of the molecule is C=CCOc1ncnc(Cl)c1Br. The number of hydrogen-bond donors (Lipinski definition) is 0. The van der Waals surface area contributed by atoms with Gasteiger partial charge >= 0.3 is 0 Å². The van der Waals surface area contributed by atoms with Crippen LogP contribution in [0.1, 0.15) is 0 Å². The van der Waals surface area contributed by atoms with Crippen molar-refractivity contribution in [3.05, 3.63) is 28.6 Å². The Morgan fingerprint density at radius 3 is 3.08 bits per heavy atom. The molecule has 0 bridgehead atoms. The lowest BCUT2D eigenvalue weighted by Gasteiger charge is -2.03. The maximum absolute atomic E-state index is 5.69. The van der Waals surface area contributed by atoms with Crippen LogP contribution in [0.15, 0.2) is 23.5 Å². The third-order valence-electron chi connectivity index (χ3n) is 1.05. The fourth-order valence-electron chi connectivity index (χ4n) is 0.572. The minimum absolute atomic E-state index is 0.337. The maximum atomic E-state index is 5.69. The molecule has 0 aliphatic carbocycles. The van der Waals surface area contributed by atoms with Crippen LogP contribution in [-0.2, 0) is 0 Å². The van der Waals surface area contributed by atoms with E-state index in [2.05, 4.69) is 32.5 Å². The van der Waals surface area contributed by atoms with E-state index >= 15 is 0 Å².